The lowest BCUT2D eigenvalue weighted by atomic mass is 9.66. The summed E-state index contributed by atoms with van der Waals surface area (Å²) in [6.07, 6.45) is 43.0. The van der Waals surface area contributed by atoms with Crippen LogP contribution in [0.1, 0.15) is 167 Å². The van der Waals surface area contributed by atoms with Crippen molar-refractivity contribution in [2.24, 2.45) is 34.6 Å². The van der Waals surface area contributed by atoms with Crippen LogP contribution in [0.5, 0.6) is 0 Å². The molecule has 0 aromatic carbocycles. The molecule has 6 aliphatic carbocycles. The Bertz CT molecular complexity index is 860. The number of hydrogen-bond donors (Lipinski definition) is 0. The van der Waals surface area contributed by atoms with E-state index >= 15 is 0 Å². The van der Waals surface area contributed by atoms with Gasteiger partial charge in [-0.05, 0) is 132 Å². The van der Waals surface area contributed by atoms with Gasteiger partial charge in [0.25, 0.3) is 0 Å². The predicted molar refractivity (Wildman–Crippen MR) is 176 cm³/mol. The number of hydrogen-bond acceptors (Lipinski definition) is 3. The summed E-state index contributed by atoms with van der Waals surface area (Å²) in [5.41, 5.74) is 0. The Kier molecular flexibility index (Phi) is 10.3. The van der Waals surface area contributed by atoms with Gasteiger partial charge in [0.1, 0.15) is 6.10 Å². The van der Waals surface area contributed by atoms with Gasteiger partial charge in [-0.25, -0.2) is 4.99 Å². The van der Waals surface area contributed by atoms with Gasteiger partial charge in [-0.3, -0.25) is 4.90 Å². The van der Waals surface area contributed by atoms with Crippen LogP contribution in [0, 0.1) is 29.6 Å². The second kappa shape index (κ2) is 14.5. The van der Waals surface area contributed by atoms with Crippen molar-refractivity contribution in [1.82, 2.24) is 4.90 Å². The van der Waals surface area contributed by atoms with E-state index in [1.54, 1.807) is 0 Å². The molecule has 42 heavy (non-hydrogen) atoms. The number of aliphatic imine (C=N–C) groups is 1. The molecule has 0 aromatic heterocycles. The largest absolute Gasteiger partial charge is 0.472 e. The molecule has 3 heteroatoms. The molecule has 3 nitrogen and oxygen atoms in total. The first-order chi connectivity index (χ1) is 20.8. The average Bonchev–Trinajstić information content (AvgIpc) is 3.48. The number of fused-ring (bicyclic) bond motifs is 1. The van der Waals surface area contributed by atoms with Crippen LogP contribution in [-0.2, 0) is 4.74 Å². The Hall–Kier alpha value is -0.830. The Morgan fingerprint density at radius 1 is 0.500 bits per heavy atom. The molecule has 0 amide bonds. The SMILES string of the molecule is C(=CC1CCC(N(C2CCCCC2)C2CCCCC2)CC1)C1=NC2CC(C3CCC(C4CCCCC4)CC3)CCC2O1. The van der Waals surface area contributed by atoms with Gasteiger partial charge in [0, 0.05) is 18.1 Å². The van der Waals surface area contributed by atoms with Gasteiger partial charge >= 0.3 is 0 Å². The van der Waals surface area contributed by atoms with Crippen molar-refractivity contribution in [3.05, 3.63) is 12.2 Å². The Labute approximate surface area is 259 Å². The minimum atomic E-state index is 0.370. The van der Waals surface area contributed by atoms with Crippen molar-refractivity contribution in [2.75, 3.05) is 0 Å². The lowest BCUT2D eigenvalue weighted by molar-refractivity contribution is 0.0182. The van der Waals surface area contributed by atoms with Gasteiger partial charge < -0.3 is 4.74 Å². The van der Waals surface area contributed by atoms with E-state index in [0.717, 1.165) is 53.6 Å². The summed E-state index contributed by atoms with van der Waals surface area (Å²) >= 11 is 0. The van der Waals surface area contributed by atoms with E-state index in [9.17, 15) is 0 Å². The third-order valence-corrected chi connectivity index (χ3v) is 13.8. The van der Waals surface area contributed by atoms with Crippen molar-refractivity contribution >= 4 is 5.90 Å². The first-order valence-corrected chi connectivity index (χ1v) is 19.5. The summed E-state index contributed by atoms with van der Waals surface area (Å²) in [4.78, 5) is 8.31. The van der Waals surface area contributed by atoms with Crippen LogP contribution in [-0.4, -0.2) is 41.1 Å². The standard InChI is InChI=1S/C39H64N2O/c1-4-10-30(11-5-1)31-19-21-32(22-20-31)33-23-26-38-37(28-33)40-39(42-38)27-18-29-16-24-36(25-17-29)41(34-12-6-2-7-13-34)35-14-8-3-9-15-35/h18,27,29-38H,1-17,19-26,28H2. The lowest BCUT2D eigenvalue weighted by Gasteiger charge is -2.48. The highest BCUT2D eigenvalue weighted by molar-refractivity contribution is 5.89. The number of rotatable bonds is 7. The maximum atomic E-state index is 6.46. The number of allylic oxidation sites excluding steroid dienone is 1. The smallest absolute Gasteiger partial charge is 0.208 e. The molecule has 0 aromatic rings. The van der Waals surface area contributed by atoms with E-state index < -0.39 is 0 Å². The normalized spacial score (nSPS) is 39.7. The van der Waals surface area contributed by atoms with E-state index in [4.69, 9.17) is 9.73 Å². The maximum absolute atomic E-state index is 6.46. The van der Waals surface area contributed by atoms with Crippen molar-refractivity contribution in [3.63, 3.8) is 0 Å². The minimum absolute atomic E-state index is 0.370. The number of ether oxygens (including phenoxy) is 1. The summed E-state index contributed by atoms with van der Waals surface area (Å²) in [5.74, 6) is 5.69. The lowest BCUT2D eigenvalue weighted by Crippen LogP contribution is -2.51. The van der Waals surface area contributed by atoms with E-state index in [1.165, 1.54) is 167 Å². The molecule has 0 bridgehead atoms. The Morgan fingerprint density at radius 3 is 1.62 bits per heavy atom. The number of nitrogens with zero attached hydrogens (tertiary/aromatic N) is 2. The fourth-order valence-electron chi connectivity index (χ4n) is 11.4. The van der Waals surface area contributed by atoms with Crippen LogP contribution in [0.3, 0.4) is 0 Å². The Balaban J connectivity index is 0.880. The zero-order valence-electron chi connectivity index (χ0n) is 27.1. The molecule has 236 valence electrons. The van der Waals surface area contributed by atoms with Crippen LogP contribution in [0.15, 0.2) is 17.1 Å². The highest BCUT2D eigenvalue weighted by Crippen LogP contribution is 2.46. The highest BCUT2D eigenvalue weighted by atomic mass is 16.5. The monoisotopic (exact) mass is 577 g/mol. The van der Waals surface area contributed by atoms with Crippen LogP contribution in [0.4, 0.5) is 0 Å². The molecule has 7 aliphatic rings. The average molecular weight is 577 g/mol. The van der Waals surface area contributed by atoms with E-state index in [-0.39, 0.29) is 0 Å². The van der Waals surface area contributed by atoms with Crippen LogP contribution in [0.25, 0.3) is 0 Å². The molecule has 3 atom stereocenters. The highest BCUT2D eigenvalue weighted by Gasteiger charge is 2.41. The van der Waals surface area contributed by atoms with Crippen molar-refractivity contribution < 1.29 is 4.74 Å². The fraction of sp³-hybridized carbons (Fsp3) is 0.923. The van der Waals surface area contributed by atoms with Gasteiger partial charge in [0.05, 0.1) is 6.04 Å². The molecule has 6 saturated carbocycles. The molecule has 0 saturated heterocycles. The first kappa shape index (κ1) is 29.9. The first-order valence-electron chi connectivity index (χ1n) is 19.5. The molecule has 1 heterocycles. The second-order valence-corrected chi connectivity index (χ2v) is 16.3. The molecule has 0 radical (unpaired) electrons. The predicted octanol–water partition coefficient (Wildman–Crippen LogP) is 10.4. The van der Waals surface area contributed by atoms with Crippen molar-refractivity contribution in [3.8, 4) is 0 Å². The Morgan fingerprint density at radius 2 is 1.00 bits per heavy atom. The second-order valence-electron chi connectivity index (χ2n) is 16.3. The molecule has 0 N–H and O–H groups in total. The maximum Gasteiger partial charge on any atom is 0.208 e. The summed E-state index contributed by atoms with van der Waals surface area (Å²) < 4.78 is 6.46. The minimum Gasteiger partial charge on any atom is -0.472 e. The van der Waals surface area contributed by atoms with Crippen LogP contribution < -0.4 is 0 Å². The summed E-state index contributed by atoms with van der Waals surface area (Å²) in [6, 6.07) is 3.06. The molecule has 6 fully saturated rings. The molecular weight excluding hydrogens is 512 g/mol. The van der Waals surface area contributed by atoms with Crippen LogP contribution >= 0.6 is 0 Å². The van der Waals surface area contributed by atoms with Gasteiger partial charge in [-0.1, -0.05) is 76.7 Å². The van der Waals surface area contributed by atoms with Gasteiger partial charge in [0.2, 0.25) is 5.90 Å². The van der Waals surface area contributed by atoms with Gasteiger partial charge in [0.15, 0.2) is 0 Å². The zero-order chi connectivity index (χ0) is 28.1. The van der Waals surface area contributed by atoms with Gasteiger partial charge in [-0.2, -0.15) is 0 Å². The molecule has 1 aliphatic heterocycles. The van der Waals surface area contributed by atoms with E-state index in [1.807, 2.05) is 0 Å². The van der Waals surface area contributed by atoms with Crippen molar-refractivity contribution in [2.45, 2.75) is 197 Å². The van der Waals surface area contributed by atoms with E-state index in [0.29, 0.717) is 12.1 Å². The fourth-order valence-corrected chi connectivity index (χ4v) is 11.4. The topological polar surface area (TPSA) is 24.8 Å². The van der Waals surface area contributed by atoms with Crippen molar-refractivity contribution in [1.29, 1.82) is 0 Å². The zero-order valence-corrected chi connectivity index (χ0v) is 27.1. The third-order valence-electron chi connectivity index (χ3n) is 13.8. The van der Waals surface area contributed by atoms with E-state index in [2.05, 4.69) is 17.1 Å². The third kappa shape index (κ3) is 7.18. The van der Waals surface area contributed by atoms with Crippen LogP contribution in [0.2, 0.25) is 0 Å². The summed E-state index contributed by atoms with van der Waals surface area (Å²) in [5, 5.41) is 0. The molecule has 7 rings (SSSR count). The summed E-state index contributed by atoms with van der Waals surface area (Å²) in [7, 11) is 0. The quantitative estimate of drug-likeness (QED) is 0.301. The summed E-state index contributed by atoms with van der Waals surface area (Å²) in [6.45, 7) is 0. The van der Waals surface area contributed by atoms with Gasteiger partial charge in [-0.15, -0.1) is 0 Å². The molecular formula is C39H64N2O. The molecule has 3 unspecified atom stereocenters. The molecule has 0 spiro atoms.